The van der Waals surface area contributed by atoms with Gasteiger partial charge in [-0.25, -0.2) is 8.42 Å². The Bertz CT molecular complexity index is 872. The Kier molecular flexibility index (Phi) is 5.29. The zero-order valence-corrected chi connectivity index (χ0v) is 16.5. The number of nitrogens with one attached hydrogen (secondary N) is 1. The van der Waals surface area contributed by atoms with Gasteiger partial charge in [0.2, 0.25) is 15.9 Å². The van der Waals surface area contributed by atoms with E-state index in [1.807, 2.05) is 4.90 Å². The number of anilines is 1. The third-order valence-electron chi connectivity index (χ3n) is 5.69. The van der Waals surface area contributed by atoms with Gasteiger partial charge in [0.15, 0.2) is 6.61 Å². The summed E-state index contributed by atoms with van der Waals surface area (Å²) in [5.41, 5.74) is 0.368. The number of nitrogens with zero attached hydrogens (tertiary/aromatic N) is 2. The molecule has 0 aromatic heterocycles. The first-order valence-electron chi connectivity index (χ1n) is 9.81. The number of amides is 2. The topological polar surface area (TPSA) is 96.0 Å². The maximum atomic E-state index is 13.0. The van der Waals surface area contributed by atoms with Gasteiger partial charge in [-0.15, -0.1) is 0 Å². The molecule has 3 heterocycles. The fraction of sp³-hybridized carbons (Fsp3) is 0.579. The Morgan fingerprint density at radius 2 is 1.79 bits per heavy atom. The molecule has 0 bridgehead atoms. The zero-order chi connectivity index (χ0) is 19.7. The highest BCUT2D eigenvalue weighted by atomic mass is 32.2. The summed E-state index contributed by atoms with van der Waals surface area (Å²) >= 11 is 0. The van der Waals surface area contributed by atoms with Gasteiger partial charge < -0.3 is 15.0 Å². The lowest BCUT2D eigenvalue weighted by molar-refractivity contribution is -0.137. The second kappa shape index (κ2) is 7.71. The highest BCUT2D eigenvalue weighted by Crippen LogP contribution is 2.32. The van der Waals surface area contributed by atoms with Gasteiger partial charge in [-0.2, -0.15) is 4.31 Å². The molecule has 0 saturated carbocycles. The zero-order valence-electron chi connectivity index (χ0n) is 15.7. The lowest BCUT2D eigenvalue weighted by Crippen LogP contribution is -2.45. The summed E-state index contributed by atoms with van der Waals surface area (Å²) in [7, 11) is -3.69. The van der Waals surface area contributed by atoms with Gasteiger partial charge in [0.25, 0.3) is 5.91 Å². The molecule has 2 fully saturated rings. The quantitative estimate of drug-likeness (QED) is 0.818. The van der Waals surface area contributed by atoms with Crippen LogP contribution in [-0.2, 0) is 19.6 Å². The molecule has 4 rings (SSSR count). The number of benzene rings is 1. The molecule has 0 unspecified atom stereocenters. The maximum Gasteiger partial charge on any atom is 0.262 e. The molecular formula is C19H25N3O5S. The summed E-state index contributed by atoms with van der Waals surface area (Å²) in [4.78, 5) is 26.2. The van der Waals surface area contributed by atoms with Crippen molar-refractivity contribution in [2.75, 3.05) is 38.1 Å². The van der Waals surface area contributed by atoms with Crippen LogP contribution in [0, 0.1) is 5.92 Å². The molecule has 2 amide bonds. The van der Waals surface area contributed by atoms with Gasteiger partial charge in [0.05, 0.1) is 10.6 Å². The van der Waals surface area contributed by atoms with Crippen molar-refractivity contribution in [1.82, 2.24) is 9.21 Å². The minimum Gasteiger partial charge on any atom is -0.482 e. The summed E-state index contributed by atoms with van der Waals surface area (Å²) in [6.07, 6.45) is 4.36. The fourth-order valence-corrected chi connectivity index (χ4v) is 5.58. The third kappa shape index (κ3) is 3.73. The number of carbonyl (C=O) groups is 2. The Morgan fingerprint density at radius 3 is 2.50 bits per heavy atom. The van der Waals surface area contributed by atoms with E-state index in [-0.39, 0.29) is 29.2 Å². The van der Waals surface area contributed by atoms with Gasteiger partial charge in [-0.3, -0.25) is 9.59 Å². The molecule has 3 aliphatic heterocycles. The molecule has 0 spiro atoms. The van der Waals surface area contributed by atoms with E-state index in [4.69, 9.17) is 4.74 Å². The molecule has 8 nitrogen and oxygen atoms in total. The van der Waals surface area contributed by atoms with Crippen molar-refractivity contribution in [1.29, 1.82) is 0 Å². The van der Waals surface area contributed by atoms with Crippen LogP contribution in [-0.4, -0.2) is 62.2 Å². The van der Waals surface area contributed by atoms with Crippen LogP contribution < -0.4 is 10.1 Å². The number of carbonyl (C=O) groups excluding carboxylic acids is 2. The van der Waals surface area contributed by atoms with Crippen molar-refractivity contribution in [3.05, 3.63) is 18.2 Å². The van der Waals surface area contributed by atoms with E-state index in [0.29, 0.717) is 37.4 Å². The van der Waals surface area contributed by atoms with Crippen LogP contribution in [0.4, 0.5) is 5.69 Å². The average molecular weight is 407 g/mol. The minimum atomic E-state index is -3.69. The number of rotatable bonds is 3. The number of hydrogen-bond acceptors (Lipinski definition) is 5. The summed E-state index contributed by atoms with van der Waals surface area (Å²) in [6.45, 7) is 2.22. The molecule has 1 N–H and O–H groups in total. The SMILES string of the molecule is O=C1COc2ccc(S(=O)(=O)N3CCC(C(=O)N4CCCCC4)CC3)cc2N1. The van der Waals surface area contributed by atoms with Crippen molar-refractivity contribution >= 4 is 27.5 Å². The second-order valence-corrected chi connectivity index (χ2v) is 9.50. The van der Waals surface area contributed by atoms with E-state index >= 15 is 0 Å². The average Bonchev–Trinajstić information content (AvgIpc) is 2.73. The van der Waals surface area contributed by atoms with Crippen LogP contribution >= 0.6 is 0 Å². The lowest BCUT2D eigenvalue weighted by atomic mass is 9.95. The molecule has 0 atom stereocenters. The van der Waals surface area contributed by atoms with E-state index in [1.54, 1.807) is 6.07 Å². The number of sulfonamides is 1. The van der Waals surface area contributed by atoms with E-state index in [2.05, 4.69) is 5.32 Å². The van der Waals surface area contributed by atoms with Crippen molar-refractivity contribution < 1.29 is 22.7 Å². The monoisotopic (exact) mass is 407 g/mol. The smallest absolute Gasteiger partial charge is 0.262 e. The predicted molar refractivity (Wildman–Crippen MR) is 102 cm³/mol. The molecule has 1 aromatic rings. The minimum absolute atomic E-state index is 0.0718. The predicted octanol–water partition coefficient (Wildman–Crippen LogP) is 1.43. The highest BCUT2D eigenvalue weighted by Gasteiger charge is 2.34. The number of ether oxygens (including phenoxy) is 1. The van der Waals surface area contributed by atoms with Crippen molar-refractivity contribution in [3.63, 3.8) is 0 Å². The van der Waals surface area contributed by atoms with Crippen LogP contribution in [0.25, 0.3) is 0 Å². The highest BCUT2D eigenvalue weighted by molar-refractivity contribution is 7.89. The normalized spacial score (nSPS) is 21.6. The van der Waals surface area contributed by atoms with Crippen LogP contribution in [0.3, 0.4) is 0 Å². The standard InChI is InChI=1S/C19H25N3O5S/c23-18-13-27-17-5-4-15(12-16(17)20-18)28(25,26)22-10-6-14(7-11-22)19(24)21-8-2-1-3-9-21/h4-5,12,14H,1-3,6-11,13H2,(H,20,23). The van der Waals surface area contributed by atoms with Crippen LogP contribution in [0.15, 0.2) is 23.1 Å². The van der Waals surface area contributed by atoms with Gasteiger partial charge in [-0.1, -0.05) is 0 Å². The molecule has 0 radical (unpaired) electrons. The third-order valence-corrected chi connectivity index (χ3v) is 7.59. The van der Waals surface area contributed by atoms with Crippen LogP contribution in [0.5, 0.6) is 5.75 Å². The Balaban J connectivity index is 1.43. The van der Waals surface area contributed by atoms with Crippen molar-refractivity contribution in [2.45, 2.75) is 37.0 Å². The Hall–Kier alpha value is -2.13. The molecule has 152 valence electrons. The lowest BCUT2D eigenvalue weighted by Gasteiger charge is -2.35. The molecule has 0 aliphatic carbocycles. The largest absolute Gasteiger partial charge is 0.482 e. The van der Waals surface area contributed by atoms with E-state index in [9.17, 15) is 18.0 Å². The number of piperidine rings is 2. The maximum absolute atomic E-state index is 13.0. The first kappa shape index (κ1) is 19.2. The van der Waals surface area contributed by atoms with Gasteiger partial charge in [0.1, 0.15) is 5.75 Å². The molecule has 9 heteroatoms. The van der Waals surface area contributed by atoms with Gasteiger partial charge in [0, 0.05) is 32.1 Å². The molecule has 28 heavy (non-hydrogen) atoms. The van der Waals surface area contributed by atoms with E-state index < -0.39 is 10.0 Å². The van der Waals surface area contributed by atoms with E-state index in [0.717, 1.165) is 25.9 Å². The summed E-state index contributed by atoms with van der Waals surface area (Å²) in [5.74, 6) is 0.231. The first-order valence-corrected chi connectivity index (χ1v) is 11.2. The summed E-state index contributed by atoms with van der Waals surface area (Å²) in [5, 5.41) is 2.64. The molecule has 2 saturated heterocycles. The fourth-order valence-electron chi connectivity index (χ4n) is 4.09. The molecule has 1 aromatic carbocycles. The summed E-state index contributed by atoms with van der Waals surface area (Å²) < 4.78 is 32.7. The Labute approximate surface area is 164 Å². The molecule has 3 aliphatic rings. The van der Waals surface area contributed by atoms with Crippen LogP contribution in [0.1, 0.15) is 32.1 Å². The first-order chi connectivity index (χ1) is 13.4. The van der Waals surface area contributed by atoms with Crippen molar-refractivity contribution in [3.8, 4) is 5.75 Å². The molecular weight excluding hydrogens is 382 g/mol. The van der Waals surface area contributed by atoms with Gasteiger partial charge >= 0.3 is 0 Å². The van der Waals surface area contributed by atoms with E-state index in [1.165, 1.54) is 22.9 Å². The number of fused-ring (bicyclic) bond motifs is 1. The van der Waals surface area contributed by atoms with Gasteiger partial charge in [-0.05, 0) is 50.3 Å². The van der Waals surface area contributed by atoms with Crippen LogP contribution in [0.2, 0.25) is 0 Å². The number of hydrogen-bond donors (Lipinski definition) is 1. The number of likely N-dealkylation sites (tertiary alicyclic amines) is 1. The van der Waals surface area contributed by atoms with Crippen molar-refractivity contribution in [2.24, 2.45) is 5.92 Å². The summed E-state index contributed by atoms with van der Waals surface area (Å²) in [6, 6.07) is 4.50. The Morgan fingerprint density at radius 1 is 1.07 bits per heavy atom. The second-order valence-electron chi connectivity index (χ2n) is 7.56.